The fourth-order valence-electron chi connectivity index (χ4n) is 3.41. The summed E-state index contributed by atoms with van der Waals surface area (Å²) in [4.78, 5) is 4.43. The zero-order chi connectivity index (χ0) is 18.4. The van der Waals surface area contributed by atoms with Gasteiger partial charge in [0.05, 0.1) is 11.4 Å². The minimum absolute atomic E-state index is 0.00798. The van der Waals surface area contributed by atoms with Crippen molar-refractivity contribution in [3.05, 3.63) is 47.3 Å². The molecule has 26 heavy (non-hydrogen) atoms. The van der Waals surface area contributed by atoms with Gasteiger partial charge in [-0.05, 0) is 29.2 Å². The van der Waals surface area contributed by atoms with E-state index in [2.05, 4.69) is 40.0 Å². The van der Waals surface area contributed by atoms with Gasteiger partial charge in [-0.1, -0.05) is 26.0 Å². The Kier molecular flexibility index (Phi) is 4.00. The Morgan fingerprint density at radius 1 is 1.15 bits per heavy atom. The summed E-state index contributed by atoms with van der Waals surface area (Å²) in [5, 5.41) is 28.4. The molecule has 0 atom stereocenters. The van der Waals surface area contributed by atoms with Gasteiger partial charge in [0.15, 0.2) is 0 Å². The first-order valence-corrected chi connectivity index (χ1v) is 8.90. The lowest BCUT2D eigenvalue weighted by molar-refractivity contribution is 0.445. The van der Waals surface area contributed by atoms with Gasteiger partial charge in [-0.25, -0.2) is 0 Å². The number of aromatic nitrogens is 3. The highest BCUT2D eigenvalue weighted by atomic mass is 32.1. The molecule has 1 aliphatic carbocycles. The number of aromatic amines is 1. The predicted octanol–water partition coefficient (Wildman–Crippen LogP) is 4.53. The van der Waals surface area contributed by atoms with Gasteiger partial charge in [-0.2, -0.15) is 5.10 Å². The molecular formula is C20H19N3O2S. The Morgan fingerprint density at radius 2 is 1.96 bits per heavy atom. The summed E-state index contributed by atoms with van der Waals surface area (Å²) in [6, 6.07) is 5.12. The minimum atomic E-state index is -0.00798. The Morgan fingerprint density at radius 3 is 2.73 bits per heavy atom. The summed E-state index contributed by atoms with van der Waals surface area (Å²) in [7, 11) is 0. The lowest BCUT2D eigenvalue weighted by Gasteiger charge is -2.14. The van der Waals surface area contributed by atoms with Crippen LogP contribution in [0.1, 0.15) is 36.6 Å². The van der Waals surface area contributed by atoms with Gasteiger partial charge in [0.25, 0.3) is 0 Å². The number of pyridine rings is 1. The Hall–Kier alpha value is -2.73. The van der Waals surface area contributed by atoms with Gasteiger partial charge < -0.3 is 10.2 Å². The second-order valence-electron chi connectivity index (χ2n) is 6.71. The number of hydrogen-bond acceptors (Lipinski definition) is 5. The number of aromatic hydroxyl groups is 2. The molecule has 0 bridgehead atoms. The number of allylic oxidation sites excluding steroid dienone is 1. The topological polar surface area (TPSA) is 82.0 Å². The number of nitrogens with one attached hydrogen (secondary N) is 1. The zero-order valence-electron chi connectivity index (χ0n) is 14.5. The summed E-state index contributed by atoms with van der Waals surface area (Å²) in [6.07, 6.45) is 6.72. The zero-order valence-corrected chi connectivity index (χ0v) is 15.4. The fraction of sp³-hybridized carbons (Fsp3) is 0.200. The average molecular weight is 365 g/mol. The number of rotatable bonds is 3. The van der Waals surface area contributed by atoms with Crippen LogP contribution in [-0.4, -0.2) is 25.4 Å². The van der Waals surface area contributed by atoms with E-state index in [1.165, 1.54) is 6.07 Å². The molecule has 0 saturated carbocycles. The number of phenolic OH excluding ortho intramolecular Hbond substituents is 2. The largest absolute Gasteiger partial charge is 0.508 e. The van der Waals surface area contributed by atoms with Crippen LogP contribution in [0.25, 0.3) is 28.5 Å². The van der Waals surface area contributed by atoms with Crippen LogP contribution < -0.4 is 0 Å². The lowest BCUT2D eigenvalue weighted by atomic mass is 9.94. The minimum Gasteiger partial charge on any atom is -0.508 e. The molecule has 0 unspecified atom stereocenters. The van der Waals surface area contributed by atoms with Crippen LogP contribution in [0.15, 0.2) is 35.5 Å². The third-order valence-corrected chi connectivity index (χ3v) is 5.04. The van der Waals surface area contributed by atoms with E-state index < -0.39 is 0 Å². The molecule has 132 valence electrons. The highest BCUT2D eigenvalue weighted by Gasteiger charge is 2.23. The van der Waals surface area contributed by atoms with Gasteiger partial charge in [0.1, 0.15) is 16.5 Å². The van der Waals surface area contributed by atoms with E-state index in [0.717, 1.165) is 34.4 Å². The van der Waals surface area contributed by atoms with Crippen LogP contribution in [0.3, 0.4) is 0 Å². The summed E-state index contributed by atoms with van der Waals surface area (Å²) in [5.41, 5.74) is 5.86. The second-order valence-corrected chi connectivity index (χ2v) is 7.13. The van der Waals surface area contributed by atoms with Crippen LogP contribution in [0.5, 0.6) is 11.5 Å². The molecule has 0 spiro atoms. The van der Waals surface area contributed by atoms with Crippen LogP contribution in [-0.2, 0) is 6.42 Å². The molecule has 2 heterocycles. The molecule has 1 aliphatic rings. The first kappa shape index (κ1) is 16.7. The van der Waals surface area contributed by atoms with Crippen molar-refractivity contribution in [2.75, 3.05) is 0 Å². The number of H-pyrrole nitrogens is 1. The van der Waals surface area contributed by atoms with E-state index in [1.807, 2.05) is 19.9 Å². The van der Waals surface area contributed by atoms with Gasteiger partial charge in [0, 0.05) is 35.4 Å². The Labute approximate surface area is 156 Å². The quantitative estimate of drug-likeness (QED) is 0.514. The molecule has 0 radical (unpaired) electrons. The van der Waals surface area contributed by atoms with E-state index in [1.54, 1.807) is 12.3 Å². The van der Waals surface area contributed by atoms with E-state index in [4.69, 9.17) is 0 Å². The number of nitrogens with zero attached hydrogens (tertiary/aromatic N) is 2. The maximum Gasteiger partial charge on any atom is 0.128 e. The fourth-order valence-corrected chi connectivity index (χ4v) is 3.69. The molecule has 4 rings (SSSR count). The SMILES string of the molecule is CC(C)c1cc(-c2[nH]nc(S)c2-c2ccnc3c2C=CC3)c(O)cc1O. The van der Waals surface area contributed by atoms with E-state index in [0.29, 0.717) is 16.3 Å². The third-order valence-electron chi connectivity index (χ3n) is 4.72. The van der Waals surface area contributed by atoms with Gasteiger partial charge >= 0.3 is 0 Å². The molecule has 0 saturated heterocycles. The smallest absolute Gasteiger partial charge is 0.128 e. The molecule has 0 fully saturated rings. The van der Waals surface area contributed by atoms with Crippen LogP contribution in [0, 0.1) is 0 Å². The third kappa shape index (κ3) is 2.57. The van der Waals surface area contributed by atoms with Crippen molar-refractivity contribution in [2.24, 2.45) is 0 Å². The molecule has 6 heteroatoms. The van der Waals surface area contributed by atoms with Crippen molar-refractivity contribution in [2.45, 2.75) is 31.2 Å². The summed E-state index contributed by atoms with van der Waals surface area (Å²) < 4.78 is 0. The molecule has 0 aliphatic heterocycles. The van der Waals surface area contributed by atoms with Gasteiger partial charge in [0.2, 0.25) is 0 Å². The molecule has 3 N–H and O–H groups in total. The standard InChI is InChI=1S/C20H19N3O2S/c1-10(2)13-8-14(17(25)9-16(13)24)19-18(20(26)23-22-19)12-6-7-21-15-5-3-4-11(12)15/h3-4,6-10,24-25H,5H2,1-2H3,(H2,22,23,26). The number of hydrogen-bond donors (Lipinski definition) is 4. The van der Waals surface area contributed by atoms with Crippen molar-refractivity contribution in [1.82, 2.24) is 15.2 Å². The maximum absolute atomic E-state index is 10.5. The first-order valence-electron chi connectivity index (χ1n) is 8.45. The van der Waals surface area contributed by atoms with Gasteiger partial charge in [-0.3, -0.25) is 10.1 Å². The van der Waals surface area contributed by atoms with E-state index >= 15 is 0 Å². The summed E-state index contributed by atoms with van der Waals surface area (Å²) in [6.45, 7) is 3.99. The molecule has 2 aromatic heterocycles. The van der Waals surface area contributed by atoms with Crippen molar-refractivity contribution in [3.63, 3.8) is 0 Å². The molecule has 0 amide bonds. The second kappa shape index (κ2) is 6.21. The summed E-state index contributed by atoms with van der Waals surface area (Å²) in [5.74, 6) is 0.192. The number of phenols is 2. The van der Waals surface area contributed by atoms with Crippen LogP contribution in [0.4, 0.5) is 0 Å². The number of benzene rings is 1. The lowest BCUT2D eigenvalue weighted by Crippen LogP contribution is -1.94. The van der Waals surface area contributed by atoms with Crippen molar-refractivity contribution in [3.8, 4) is 33.9 Å². The van der Waals surface area contributed by atoms with Gasteiger partial charge in [-0.15, -0.1) is 12.6 Å². The highest BCUT2D eigenvalue weighted by molar-refractivity contribution is 7.80. The maximum atomic E-state index is 10.5. The van der Waals surface area contributed by atoms with Crippen LogP contribution >= 0.6 is 12.6 Å². The number of fused-ring (bicyclic) bond motifs is 1. The van der Waals surface area contributed by atoms with Crippen molar-refractivity contribution >= 4 is 18.7 Å². The first-order chi connectivity index (χ1) is 12.5. The highest BCUT2D eigenvalue weighted by Crippen LogP contribution is 2.44. The molecular weight excluding hydrogens is 346 g/mol. The van der Waals surface area contributed by atoms with Crippen LogP contribution in [0.2, 0.25) is 0 Å². The monoisotopic (exact) mass is 365 g/mol. The Bertz CT molecular complexity index is 1040. The molecule has 1 aromatic carbocycles. The predicted molar refractivity (Wildman–Crippen MR) is 105 cm³/mol. The average Bonchev–Trinajstić information content (AvgIpc) is 3.21. The van der Waals surface area contributed by atoms with E-state index in [9.17, 15) is 10.2 Å². The number of thiol groups is 1. The summed E-state index contributed by atoms with van der Waals surface area (Å²) >= 11 is 4.52. The molecule has 3 aromatic rings. The molecule has 5 nitrogen and oxygen atoms in total. The Balaban J connectivity index is 1.96. The van der Waals surface area contributed by atoms with E-state index in [-0.39, 0.29) is 17.4 Å². The van der Waals surface area contributed by atoms with Crippen molar-refractivity contribution in [1.29, 1.82) is 0 Å². The van der Waals surface area contributed by atoms with Crippen molar-refractivity contribution < 1.29 is 10.2 Å². The normalized spacial score (nSPS) is 12.8.